The van der Waals surface area contributed by atoms with Crippen LogP contribution in [-0.2, 0) is 19.6 Å². The number of methoxy groups -OCH3 is 2. The van der Waals surface area contributed by atoms with E-state index >= 15 is 0 Å². The van der Waals surface area contributed by atoms with Crippen LogP contribution >= 0.6 is 11.3 Å². The second-order valence-electron chi connectivity index (χ2n) is 5.79. The maximum atomic E-state index is 13.0. The number of nitrogens with zero attached hydrogens (tertiary/aromatic N) is 1. The number of hydrogen-bond acceptors (Lipinski definition) is 6. The third-order valence-electron chi connectivity index (χ3n) is 4.44. The fraction of sp³-hybridized carbons (Fsp3) is 0.353. The van der Waals surface area contributed by atoms with Crippen molar-refractivity contribution in [3.05, 3.63) is 46.7 Å². The summed E-state index contributed by atoms with van der Waals surface area (Å²) in [6, 6.07) is 8.26. The van der Waals surface area contributed by atoms with Gasteiger partial charge in [0.25, 0.3) is 0 Å². The summed E-state index contributed by atoms with van der Waals surface area (Å²) in [4.78, 5) is 12.3. The number of thiophene rings is 1. The maximum absolute atomic E-state index is 13.0. The first-order valence-electron chi connectivity index (χ1n) is 7.71. The summed E-state index contributed by atoms with van der Waals surface area (Å²) in [7, 11) is -0.908. The monoisotopic (exact) mass is 381 g/mol. The van der Waals surface area contributed by atoms with Crippen molar-refractivity contribution in [2.45, 2.75) is 10.8 Å². The molecule has 8 heteroatoms. The van der Waals surface area contributed by atoms with E-state index in [0.717, 1.165) is 5.56 Å². The van der Waals surface area contributed by atoms with Crippen LogP contribution in [0.25, 0.3) is 0 Å². The second kappa shape index (κ2) is 7.15. The highest BCUT2D eigenvalue weighted by molar-refractivity contribution is 7.89. The van der Waals surface area contributed by atoms with Crippen molar-refractivity contribution in [2.75, 3.05) is 27.3 Å². The molecule has 0 aliphatic carbocycles. The van der Waals surface area contributed by atoms with Crippen molar-refractivity contribution in [1.29, 1.82) is 0 Å². The van der Waals surface area contributed by atoms with Crippen molar-refractivity contribution in [2.24, 2.45) is 5.92 Å². The Bertz CT molecular complexity index is 848. The quantitative estimate of drug-likeness (QED) is 0.744. The Balaban J connectivity index is 1.93. The third kappa shape index (κ3) is 3.42. The Hall–Kier alpha value is -1.90. The molecule has 0 spiro atoms. The van der Waals surface area contributed by atoms with Gasteiger partial charge in [0.2, 0.25) is 10.0 Å². The minimum Gasteiger partial charge on any atom is -0.497 e. The minimum absolute atomic E-state index is 0.104. The topological polar surface area (TPSA) is 72.9 Å². The highest BCUT2D eigenvalue weighted by Gasteiger charge is 2.44. The first-order valence-corrected chi connectivity index (χ1v) is 10.1. The number of benzene rings is 1. The summed E-state index contributed by atoms with van der Waals surface area (Å²) in [5, 5.41) is 3.87. The number of hydrogen-bond donors (Lipinski definition) is 0. The van der Waals surface area contributed by atoms with Gasteiger partial charge in [-0.05, 0) is 34.5 Å². The van der Waals surface area contributed by atoms with Gasteiger partial charge >= 0.3 is 5.97 Å². The fourth-order valence-electron chi connectivity index (χ4n) is 3.09. The Labute approximate surface area is 151 Å². The Morgan fingerprint density at radius 1 is 1.24 bits per heavy atom. The molecule has 0 amide bonds. The van der Waals surface area contributed by atoms with E-state index in [-0.39, 0.29) is 29.9 Å². The van der Waals surface area contributed by atoms with E-state index in [0.29, 0.717) is 5.75 Å². The molecule has 25 heavy (non-hydrogen) atoms. The number of ether oxygens (including phenoxy) is 2. The minimum atomic E-state index is -3.72. The molecule has 2 heterocycles. The van der Waals surface area contributed by atoms with Gasteiger partial charge in [0, 0.05) is 25.1 Å². The van der Waals surface area contributed by atoms with Crippen LogP contribution in [0.1, 0.15) is 11.5 Å². The fourth-order valence-corrected chi connectivity index (χ4v) is 5.34. The van der Waals surface area contributed by atoms with E-state index < -0.39 is 15.9 Å². The lowest BCUT2D eigenvalue weighted by Crippen LogP contribution is -2.30. The van der Waals surface area contributed by atoms with Crippen LogP contribution in [0.15, 0.2) is 46.0 Å². The largest absolute Gasteiger partial charge is 0.497 e. The summed E-state index contributed by atoms with van der Waals surface area (Å²) < 4.78 is 37.3. The third-order valence-corrected chi connectivity index (χ3v) is 6.97. The van der Waals surface area contributed by atoms with E-state index in [4.69, 9.17) is 9.47 Å². The van der Waals surface area contributed by atoms with Crippen molar-refractivity contribution >= 4 is 27.3 Å². The molecule has 0 unspecified atom stereocenters. The van der Waals surface area contributed by atoms with Gasteiger partial charge in [0.05, 0.1) is 25.0 Å². The zero-order chi connectivity index (χ0) is 18.0. The predicted octanol–water partition coefficient (Wildman–Crippen LogP) is 2.33. The number of esters is 1. The van der Waals surface area contributed by atoms with Crippen LogP contribution in [0.3, 0.4) is 0 Å². The molecule has 6 nitrogen and oxygen atoms in total. The lowest BCUT2D eigenvalue weighted by molar-refractivity contribution is -0.145. The predicted molar refractivity (Wildman–Crippen MR) is 94.3 cm³/mol. The highest BCUT2D eigenvalue weighted by atomic mass is 32.2. The van der Waals surface area contributed by atoms with Gasteiger partial charge in [-0.3, -0.25) is 4.79 Å². The molecule has 1 aliphatic rings. The number of sulfonamides is 1. The molecular weight excluding hydrogens is 362 g/mol. The lowest BCUT2D eigenvalue weighted by atomic mass is 9.91. The normalized spacial score (nSPS) is 21.2. The summed E-state index contributed by atoms with van der Waals surface area (Å²) in [5.74, 6) is -0.641. The van der Waals surface area contributed by atoms with Crippen LogP contribution in [0.4, 0.5) is 0 Å². The number of carbonyl (C=O) groups excluding carboxylic acids is 1. The van der Waals surface area contributed by atoms with Crippen molar-refractivity contribution in [3.8, 4) is 5.75 Å². The Kier molecular flexibility index (Phi) is 5.12. The summed E-state index contributed by atoms with van der Waals surface area (Å²) in [6.45, 7) is 0.350. The molecule has 134 valence electrons. The summed E-state index contributed by atoms with van der Waals surface area (Å²) in [6.07, 6.45) is 0. The molecule has 2 atom stereocenters. The van der Waals surface area contributed by atoms with E-state index in [1.54, 1.807) is 12.1 Å². The molecule has 0 radical (unpaired) electrons. The molecule has 0 N–H and O–H groups in total. The van der Waals surface area contributed by atoms with Gasteiger partial charge < -0.3 is 9.47 Å². The summed E-state index contributed by atoms with van der Waals surface area (Å²) in [5.41, 5.74) is 0.962. The molecule has 3 rings (SSSR count). The van der Waals surface area contributed by atoms with Crippen LogP contribution in [-0.4, -0.2) is 46.0 Å². The number of carbonyl (C=O) groups is 1. The van der Waals surface area contributed by atoms with Crippen molar-refractivity contribution < 1.29 is 22.7 Å². The molecule has 1 fully saturated rings. The first kappa shape index (κ1) is 17.9. The molecular formula is C17H19NO5S2. The van der Waals surface area contributed by atoms with Crippen LogP contribution in [0.5, 0.6) is 5.75 Å². The molecule has 1 saturated heterocycles. The standard InChI is InChI=1S/C17H19NO5S2/c1-22-13-4-3-5-14(8-13)25(20,21)18-9-15(12-6-7-24-11-12)16(10-18)17(19)23-2/h3-8,11,15-16H,9-10H2,1-2H3/t15-,16+/m1/s1. The molecule has 1 aliphatic heterocycles. The molecule has 2 aromatic rings. The van der Waals surface area contributed by atoms with E-state index in [2.05, 4.69) is 0 Å². The van der Waals surface area contributed by atoms with Gasteiger partial charge in [-0.15, -0.1) is 0 Å². The van der Waals surface area contributed by atoms with Gasteiger partial charge in [0.1, 0.15) is 5.75 Å². The van der Waals surface area contributed by atoms with E-state index in [1.165, 1.54) is 42.0 Å². The van der Waals surface area contributed by atoms with Crippen LogP contribution in [0, 0.1) is 5.92 Å². The van der Waals surface area contributed by atoms with E-state index in [9.17, 15) is 13.2 Å². The van der Waals surface area contributed by atoms with Gasteiger partial charge in [-0.2, -0.15) is 15.6 Å². The Morgan fingerprint density at radius 2 is 2.04 bits per heavy atom. The lowest BCUT2D eigenvalue weighted by Gasteiger charge is -2.16. The average molecular weight is 381 g/mol. The molecule has 1 aromatic carbocycles. The number of rotatable bonds is 5. The van der Waals surface area contributed by atoms with Crippen molar-refractivity contribution in [3.63, 3.8) is 0 Å². The van der Waals surface area contributed by atoms with Crippen molar-refractivity contribution in [1.82, 2.24) is 4.31 Å². The molecule has 1 aromatic heterocycles. The summed E-state index contributed by atoms with van der Waals surface area (Å²) >= 11 is 1.52. The van der Waals surface area contributed by atoms with Crippen LogP contribution in [0.2, 0.25) is 0 Å². The molecule has 0 saturated carbocycles. The highest BCUT2D eigenvalue weighted by Crippen LogP contribution is 2.37. The molecule has 0 bridgehead atoms. The SMILES string of the molecule is COC(=O)[C@H]1CN(S(=O)(=O)c2cccc(OC)c2)C[C@@H]1c1ccsc1. The average Bonchev–Trinajstić information content (AvgIpc) is 3.30. The zero-order valence-corrected chi connectivity index (χ0v) is 15.5. The second-order valence-corrected chi connectivity index (χ2v) is 8.51. The maximum Gasteiger partial charge on any atom is 0.310 e. The smallest absolute Gasteiger partial charge is 0.310 e. The van der Waals surface area contributed by atoms with E-state index in [1.807, 2.05) is 16.8 Å². The first-order chi connectivity index (χ1) is 12.0. The van der Waals surface area contributed by atoms with Gasteiger partial charge in [-0.1, -0.05) is 6.07 Å². The van der Waals surface area contributed by atoms with Crippen LogP contribution < -0.4 is 4.74 Å². The zero-order valence-electron chi connectivity index (χ0n) is 13.9. The van der Waals surface area contributed by atoms with Gasteiger partial charge in [0.15, 0.2) is 0 Å². The van der Waals surface area contributed by atoms with Gasteiger partial charge in [-0.25, -0.2) is 8.42 Å². The Morgan fingerprint density at radius 3 is 2.68 bits per heavy atom.